The third-order valence-corrected chi connectivity index (χ3v) is 4.24. The van der Waals surface area contributed by atoms with Gasteiger partial charge in [-0.2, -0.15) is 0 Å². The molecule has 146 valence electrons. The molecule has 3 rings (SSSR count). The predicted molar refractivity (Wildman–Crippen MR) is 102 cm³/mol. The van der Waals surface area contributed by atoms with Crippen molar-refractivity contribution < 1.29 is 28.2 Å². The van der Waals surface area contributed by atoms with E-state index in [4.69, 9.17) is 25.8 Å². The molecule has 0 fully saturated rings. The molecule has 6 nitrogen and oxygen atoms in total. The first-order valence-electron chi connectivity index (χ1n) is 8.38. The fourth-order valence-electron chi connectivity index (χ4n) is 2.43. The lowest BCUT2D eigenvalue weighted by Gasteiger charge is -2.12. The summed E-state index contributed by atoms with van der Waals surface area (Å²) < 4.78 is 29.1. The molecule has 0 bridgehead atoms. The number of hydrogen-bond donors (Lipinski definition) is 1. The van der Waals surface area contributed by atoms with Crippen LogP contribution in [0, 0.1) is 12.7 Å². The van der Waals surface area contributed by atoms with Gasteiger partial charge in [0.1, 0.15) is 5.82 Å². The summed E-state index contributed by atoms with van der Waals surface area (Å²) in [6.45, 7) is 3.12. The van der Waals surface area contributed by atoms with Gasteiger partial charge in [0.15, 0.2) is 17.6 Å². The Morgan fingerprint density at radius 3 is 2.82 bits per heavy atom. The van der Waals surface area contributed by atoms with Crippen LogP contribution in [0.5, 0.6) is 11.5 Å². The highest BCUT2D eigenvalue weighted by Gasteiger charge is 2.19. The molecule has 0 saturated heterocycles. The maximum atomic E-state index is 13.5. The van der Waals surface area contributed by atoms with E-state index in [1.165, 1.54) is 25.1 Å². The number of nitrogens with one attached hydrogen (secondary N) is 1. The highest BCUT2D eigenvalue weighted by atomic mass is 35.5. The number of benzene rings is 2. The summed E-state index contributed by atoms with van der Waals surface area (Å²) in [7, 11) is 0. The van der Waals surface area contributed by atoms with E-state index in [0.29, 0.717) is 27.6 Å². The number of hydrogen-bond acceptors (Lipinski definition) is 5. The monoisotopic (exact) mass is 405 g/mol. The van der Waals surface area contributed by atoms with Crippen molar-refractivity contribution in [1.29, 1.82) is 0 Å². The number of halogens is 2. The van der Waals surface area contributed by atoms with Crippen LogP contribution in [-0.4, -0.2) is 24.8 Å². The summed E-state index contributed by atoms with van der Waals surface area (Å²) in [6, 6.07) is 7.58. The zero-order valence-electron chi connectivity index (χ0n) is 15.1. The van der Waals surface area contributed by atoms with Crippen molar-refractivity contribution in [3.63, 3.8) is 0 Å². The van der Waals surface area contributed by atoms with Crippen molar-refractivity contribution in [2.45, 2.75) is 20.0 Å². The van der Waals surface area contributed by atoms with Gasteiger partial charge in [-0.15, -0.1) is 0 Å². The lowest BCUT2D eigenvalue weighted by Crippen LogP contribution is -2.29. The average molecular weight is 406 g/mol. The van der Waals surface area contributed by atoms with E-state index in [1.807, 2.05) is 0 Å². The first kappa shape index (κ1) is 19.7. The highest BCUT2D eigenvalue weighted by molar-refractivity contribution is 6.32. The maximum Gasteiger partial charge on any atom is 0.331 e. The smallest absolute Gasteiger partial charge is 0.331 e. The Hall–Kier alpha value is -3.06. The number of esters is 1. The average Bonchev–Trinajstić information content (AvgIpc) is 3.12. The van der Waals surface area contributed by atoms with Crippen LogP contribution in [0.2, 0.25) is 5.02 Å². The number of anilines is 1. The lowest BCUT2D eigenvalue weighted by atomic mass is 10.2. The Morgan fingerprint density at radius 1 is 1.29 bits per heavy atom. The Balaban J connectivity index is 1.58. The molecule has 1 aliphatic heterocycles. The fraction of sp³-hybridized carbons (Fsp3) is 0.200. The zero-order chi connectivity index (χ0) is 20.3. The van der Waals surface area contributed by atoms with Crippen LogP contribution < -0.4 is 14.8 Å². The Bertz CT molecular complexity index is 960. The van der Waals surface area contributed by atoms with E-state index >= 15 is 0 Å². The van der Waals surface area contributed by atoms with Crippen LogP contribution in [-0.2, 0) is 14.3 Å². The molecular formula is C20H17ClFNO5. The second kappa shape index (κ2) is 8.31. The van der Waals surface area contributed by atoms with Gasteiger partial charge in [-0.3, -0.25) is 4.79 Å². The summed E-state index contributed by atoms with van der Waals surface area (Å²) in [4.78, 5) is 24.1. The number of carbonyl (C=O) groups excluding carboxylic acids is 2. The van der Waals surface area contributed by atoms with Crippen molar-refractivity contribution in [1.82, 2.24) is 0 Å². The largest absolute Gasteiger partial charge is 0.454 e. The summed E-state index contributed by atoms with van der Waals surface area (Å²) in [5.41, 5.74) is 1.35. The molecule has 2 aromatic rings. The van der Waals surface area contributed by atoms with E-state index in [9.17, 15) is 14.0 Å². The van der Waals surface area contributed by atoms with Gasteiger partial charge in [-0.1, -0.05) is 17.7 Å². The molecule has 0 spiro atoms. The van der Waals surface area contributed by atoms with Gasteiger partial charge >= 0.3 is 5.97 Å². The molecular weight excluding hydrogens is 389 g/mol. The molecule has 1 aliphatic rings. The van der Waals surface area contributed by atoms with Gasteiger partial charge in [0.05, 0.1) is 5.02 Å². The molecule has 0 unspecified atom stereocenters. The first-order valence-corrected chi connectivity index (χ1v) is 8.76. The predicted octanol–water partition coefficient (Wildman–Crippen LogP) is 4.10. The molecule has 1 atom stereocenters. The SMILES string of the molecule is Cc1ccc(NC(=O)[C@@H](C)OC(=O)/C=C/c2cc(Cl)c3c(c2)OCO3)cc1F. The van der Waals surface area contributed by atoms with Gasteiger partial charge in [0.2, 0.25) is 6.79 Å². The van der Waals surface area contributed by atoms with Gasteiger partial charge in [-0.25, -0.2) is 9.18 Å². The van der Waals surface area contributed by atoms with E-state index in [-0.39, 0.29) is 12.5 Å². The van der Waals surface area contributed by atoms with Gasteiger partial charge in [0.25, 0.3) is 5.91 Å². The standard InChI is InChI=1S/C20H17ClFNO5/c1-11-3-5-14(9-16(11)22)23-20(25)12(2)28-18(24)6-4-13-7-15(21)19-17(8-13)26-10-27-19/h3-9,12H,10H2,1-2H3,(H,23,25)/b6-4+/t12-/m1/s1. The maximum absolute atomic E-state index is 13.5. The first-order chi connectivity index (χ1) is 13.3. The van der Waals surface area contributed by atoms with Gasteiger partial charge < -0.3 is 19.5 Å². The van der Waals surface area contributed by atoms with E-state index < -0.39 is 23.8 Å². The van der Waals surface area contributed by atoms with Gasteiger partial charge in [0, 0.05) is 11.8 Å². The van der Waals surface area contributed by atoms with Crippen LogP contribution in [0.15, 0.2) is 36.4 Å². The molecule has 0 aromatic heterocycles. The number of amides is 1. The van der Waals surface area contributed by atoms with Crippen LogP contribution in [0.4, 0.5) is 10.1 Å². The summed E-state index contributed by atoms with van der Waals surface area (Å²) in [6.07, 6.45) is 1.58. The van der Waals surface area contributed by atoms with Crippen molar-refractivity contribution in [3.05, 3.63) is 58.4 Å². The molecule has 1 N–H and O–H groups in total. The normalized spacial score (nSPS) is 13.4. The summed E-state index contributed by atoms with van der Waals surface area (Å²) in [5, 5.41) is 2.86. The number of rotatable bonds is 5. The molecule has 0 saturated carbocycles. The van der Waals surface area contributed by atoms with Gasteiger partial charge in [-0.05, 0) is 55.3 Å². The van der Waals surface area contributed by atoms with E-state index in [1.54, 1.807) is 31.2 Å². The van der Waals surface area contributed by atoms with Crippen molar-refractivity contribution in [2.75, 3.05) is 12.1 Å². The minimum atomic E-state index is -1.07. The quantitative estimate of drug-likeness (QED) is 0.599. The second-order valence-electron chi connectivity index (χ2n) is 6.10. The highest BCUT2D eigenvalue weighted by Crippen LogP contribution is 2.40. The van der Waals surface area contributed by atoms with Crippen molar-refractivity contribution in [3.8, 4) is 11.5 Å². The number of ether oxygens (including phenoxy) is 3. The van der Waals surface area contributed by atoms with Crippen LogP contribution in [0.3, 0.4) is 0 Å². The summed E-state index contributed by atoms with van der Waals surface area (Å²) in [5.74, 6) is -0.784. The molecule has 1 amide bonds. The van der Waals surface area contributed by atoms with E-state index in [0.717, 1.165) is 0 Å². The third-order valence-electron chi connectivity index (χ3n) is 3.96. The van der Waals surface area contributed by atoms with Crippen molar-refractivity contribution >= 4 is 35.2 Å². The number of aryl methyl sites for hydroxylation is 1. The topological polar surface area (TPSA) is 73.9 Å². The minimum absolute atomic E-state index is 0.0851. The lowest BCUT2D eigenvalue weighted by molar-refractivity contribution is -0.148. The van der Waals surface area contributed by atoms with Crippen LogP contribution >= 0.6 is 11.6 Å². The second-order valence-corrected chi connectivity index (χ2v) is 6.51. The van der Waals surface area contributed by atoms with E-state index in [2.05, 4.69) is 5.32 Å². The molecule has 28 heavy (non-hydrogen) atoms. The van der Waals surface area contributed by atoms with Crippen LogP contribution in [0.1, 0.15) is 18.1 Å². The Kier molecular flexibility index (Phi) is 5.84. The summed E-state index contributed by atoms with van der Waals surface area (Å²) >= 11 is 6.08. The Labute approximate surface area is 165 Å². The minimum Gasteiger partial charge on any atom is -0.454 e. The number of carbonyl (C=O) groups is 2. The third kappa shape index (κ3) is 4.61. The molecule has 2 aromatic carbocycles. The van der Waals surface area contributed by atoms with Crippen molar-refractivity contribution in [2.24, 2.45) is 0 Å². The molecule has 0 aliphatic carbocycles. The molecule has 1 heterocycles. The molecule has 8 heteroatoms. The fourth-order valence-corrected chi connectivity index (χ4v) is 2.70. The van der Waals surface area contributed by atoms with Crippen LogP contribution in [0.25, 0.3) is 6.08 Å². The molecule has 0 radical (unpaired) electrons. The Morgan fingerprint density at radius 2 is 2.07 bits per heavy atom. The number of fused-ring (bicyclic) bond motifs is 1. The zero-order valence-corrected chi connectivity index (χ0v) is 15.9.